The van der Waals surface area contributed by atoms with Crippen molar-refractivity contribution < 1.29 is 9.90 Å². The van der Waals surface area contributed by atoms with E-state index in [2.05, 4.69) is 45.9 Å². The minimum absolute atomic E-state index is 0.336. The molecule has 25 heavy (non-hydrogen) atoms. The molecule has 0 spiro atoms. The van der Waals surface area contributed by atoms with Gasteiger partial charge < -0.3 is 5.11 Å². The van der Waals surface area contributed by atoms with Crippen molar-refractivity contribution in [1.29, 1.82) is 0 Å². The Hall–Kier alpha value is -1.74. The fraction of sp³-hybridized carbons (Fsp3) is 0.409. The Labute approximate surface area is 156 Å². The topological polar surface area (TPSA) is 37.3 Å². The third kappa shape index (κ3) is 9.98. The van der Waals surface area contributed by atoms with Gasteiger partial charge in [0, 0.05) is 10.6 Å². The predicted octanol–water partition coefficient (Wildman–Crippen LogP) is 6.90. The molecule has 0 aliphatic rings. The third-order valence-corrected chi connectivity index (χ3v) is 4.84. The molecular formula is C22H30O2S. The molecule has 0 saturated heterocycles. The van der Waals surface area contributed by atoms with Crippen molar-refractivity contribution in [2.75, 3.05) is 5.75 Å². The fourth-order valence-corrected chi connectivity index (χ4v) is 3.20. The van der Waals surface area contributed by atoms with E-state index in [-0.39, 0.29) is 0 Å². The van der Waals surface area contributed by atoms with E-state index in [1.165, 1.54) is 16.7 Å². The summed E-state index contributed by atoms with van der Waals surface area (Å²) in [5.41, 5.74) is 4.60. The lowest BCUT2D eigenvalue weighted by Crippen LogP contribution is -1.94. The normalized spacial score (nSPS) is 12.2. The Morgan fingerprint density at radius 2 is 1.48 bits per heavy atom. The Morgan fingerprint density at radius 1 is 0.920 bits per heavy atom. The van der Waals surface area contributed by atoms with Gasteiger partial charge in [-0.1, -0.05) is 34.9 Å². The van der Waals surface area contributed by atoms with Crippen molar-refractivity contribution in [3.63, 3.8) is 0 Å². The number of hydrogen-bond acceptors (Lipinski definition) is 2. The number of thioether (sulfide) groups is 1. The van der Waals surface area contributed by atoms with Crippen LogP contribution in [0.1, 0.15) is 63.7 Å². The van der Waals surface area contributed by atoms with Gasteiger partial charge in [-0.25, -0.2) is 4.79 Å². The van der Waals surface area contributed by atoms with Gasteiger partial charge in [-0.05, 0) is 77.6 Å². The van der Waals surface area contributed by atoms with Crippen LogP contribution in [-0.4, -0.2) is 16.8 Å². The van der Waals surface area contributed by atoms with Crippen LogP contribution in [0.3, 0.4) is 0 Å². The van der Waals surface area contributed by atoms with E-state index >= 15 is 0 Å². The van der Waals surface area contributed by atoms with Crippen LogP contribution in [0.2, 0.25) is 0 Å². The number of rotatable bonds is 10. The van der Waals surface area contributed by atoms with E-state index in [1.807, 2.05) is 12.1 Å². The zero-order chi connectivity index (χ0) is 18.7. The predicted molar refractivity (Wildman–Crippen MR) is 110 cm³/mol. The number of aromatic carboxylic acids is 1. The van der Waals surface area contributed by atoms with Crippen molar-refractivity contribution in [2.45, 2.75) is 58.3 Å². The van der Waals surface area contributed by atoms with E-state index in [4.69, 9.17) is 5.11 Å². The number of benzene rings is 1. The summed E-state index contributed by atoms with van der Waals surface area (Å²) in [6.07, 6.45) is 11.4. The Kier molecular flexibility index (Phi) is 10.0. The van der Waals surface area contributed by atoms with Crippen molar-refractivity contribution >= 4 is 17.7 Å². The standard InChI is InChI=1S/C22H30O2S/c1-17(2)7-5-8-18(3)9-6-10-19(4)15-16-25-21-13-11-20(12-14-21)22(23)24/h7,9,11-15H,5-6,8,10,16H2,1-4H3,(H,23,24)/b18-9+,19-15+. The largest absolute Gasteiger partial charge is 0.478 e. The highest BCUT2D eigenvalue weighted by molar-refractivity contribution is 7.99. The maximum Gasteiger partial charge on any atom is 0.335 e. The summed E-state index contributed by atoms with van der Waals surface area (Å²) in [5, 5.41) is 8.89. The van der Waals surface area contributed by atoms with Crippen LogP contribution in [0, 0.1) is 0 Å². The Morgan fingerprint density at radius 3 is 2.04 bits per heavy atom. The van der Waals surface area contributed by atoms with Crippen molar-refractivity contribution in [1.82, 2.24) is 0 Å². The maximum atomic E-state index is 10.8. The zero-order valence-corrected chi connectivity index (χ0v) is 16.7. The lowest BCUT2D eigenvalue weighted by Gasteiger charge is -2.03. The van der Waals surface area contributed by atoms with Gasteiger partial charge in [-0.2, -0.15) is 0 Å². The van der Waals surface area contributed by atoms with Crippen molar-refractivity contribution in [3.05, 3.63) is 64.8 Å². The molecule has 136 valence electrons. The molecule has 0 aliphatic heterocycles. The van der Waals surface area contributed by atoms with E-state index in [9.17, 15) is 4.79 Å². The van der Waals surface area contributed by atoms with Crippen LogP contribution < -0.4 is 0 Å². The molecule has 1 N–H and O–H groups in total. The molecule has 1 aromatic carbocycles. The average Bonchev–Trinajstić information content (AvgIpc) is 2.55. The van der Waals surface area contributed by atoms with Gasteiger partial charge in [-0.3, -0.25) is 0 Å². The van der Waals surface area contributed by atoms with E-state index < -0.39 is 5.97 Å². The molecule has 1 rings (SSSR count). The lowest BCUT2D eigenvalue weighted by atomic mass is 10.1. The molecule has 0 saturated carbocycles. The smallest absolute Gasteiger partial charge is 0.335 e. The summed E-state index contributed by atoms with van der Waals surface area (Å²) in [4.78, 5) is 11.9. The molecule has 3 heteroatoms. The van der Waals surface area contributed by atoms with Crippen LogP contribution in [0.25, 0.3) is 0 Å². The highest BCUT2D eigenvalue weighted by Gasteiger charge is 2.01. The second-order valence-corrected chi connectivity index (χ2v) is 7.69. The fourth-order valence-electron chi connectivity index (χ4n) is 2.31. The van der Waals surface area contributed by atoms with Crippen LogP contribution in [0.4, 0.5) is 0 Å². The van der Waals surface area contributed by atoms with E-state index in [0.717, 1.165) is 36.3 Å². The molecule has 0 amide bonds. The van der Waals surface area contributed by atoms with Gasteiger partial charge in [0.1, 0.15) is 0 Å². The molecule has 0 atom stereocenters. The summed E-state index contributed by atoms with van der Waals surface area (Å²) < 4.78 is 0. The summed E-state index contributed by atoms with van der Waals surface area (Å²) in [7, 11) is 0. The summed E-state index contributed by atoms with van der Waals surface area (Å²) in [5.74, 6) is 0.0399. The second-order valence-electron chi connectivity index (χ2n) is 6.60. The van der Waals surface area contributed by atoms with Gasteiger partial charge in [0.2, 0.25) is 0 Å². The first-order chi connectivity index (χ1) is 11.9. The highest BCUT2D eigenvalue weighted by Crippen LogP contribution is 2.20. The number of carbonyl (C=O) groups is 1. The van der Waals surface area contributed by atoms with Crippen molar-refractivity contribution in [2.24, 2.45) is 0 Å². The van der Waals surface area contributed by atoms with Gasteiger partial charge in [0.25, 0.3) is 0 Å². The maximum absolute atomic E-state index is 10.8. The minimum Gasteiger partial charge on any atom is -0.478 e. The molecule has 0 bridgehead atoms. The zero-order valence-electron chi connectivity index (χ0n) is 15.8. The molecular weight excluding hydrogens is 328 g/mol. The van der Waals surface area contributed by atoms with E-state index in [1.54, 1.807) is 23.9 Å². The Balaban J connectivity index is 2.31. The van der Waals surface area contributed by atoms with Crippen LogP contribution >= 0.6 is 11.8 Å². The summed E-state index contributed by atoms with van der Waals surface area (Å²) in [6, 6.07) is 7.06. The van der Waals surface area contributed by atoms with Crippen LogP contribution in [0.5, 0.6) is 0 Å². The molecule has 0 aromatic heterocycles. The van der Waals surface area contributed by atoms with E-state index in [0.29, 0.717) is 5.56 Å². The molecule has 0 heterocycles. The second kappa shape index (κ2) is 11.8. The van der Waals surface area contributed by atoms with Gasteiger partial charge in [0.05, 0.1) is 5.56 Å². The first kappa shape index (κ1) is 21.3. The van der Waals surface area contributed by atoms with Crippen LogP contribution in [-0.2, 0) is 0 Å². The molecule has 0 unspecified atom stereocenters. The number of carboxylic acids is 1. The average molecular weight is 359 g/mol. The monoisotopic (exact) mass is 358 g/mol. The molecule has 2 nitrogen and oxygen atoms in total. The molecule has 0 fully saturated rings. The molecule has 1 aromatic rings. The third-order valence-electron chi connectivity index (χ3n) is 3.91. The number of carboxylic acid groups (broad SMARTS) is 1. The SMILES string of the molecule is CC(C)=CCC/C(C)=C/CC/C(C)=C/CSc1ccc(C(=O)O)cc1. The number of allylic oxidation sites excluding steroid dienone is 5. The molecule has 0 aliphatic carbocycles. The first-order valence-corrected chi connectivity index (χ1v) is 9.78. The van der Waals surface area contributed by atoms with Gasteiger partial charge >= 0.3 is 5.97 Å². The molecule has 0 radical (unpaired) electrons. The highest BCUT2D eigenvalue weighted by atomic mass is 32.2. The first-order valence-electron chi connectivity index (χ1n) is 8.79. The lowest BCUT2D eigenvalue weighted by molar-refractivity contribution is 0.0697. The van der Waals surface area contributed by atoms with Gasteiger partial charge in [0.15, 0.2) is 0 Å². The minimum atomic E-state index is -0.878. The van der Waals surface area contributed by atoms with Crippen molar-refractivity contribution in [3.8, 4) is 0 Å². The Bertz CT molecular complexity index is 632. The summed E-state index contributed by atoms with van der Waals surface area (Å²) >= 11 is 1.73. The van der Waals surface area contributed by atoms with Gasteiger partial charge in [-0.15, -0.1) is 11.8 Å². The quantitative estimate of drug-likeness (QED) is 0.365. The number of hydrogen-bond donors (Lipinski definition) is 1. The van der Waals surface area contributed by atoms with Crippen LogP contribution in [0.15, 0.2) is 64.1 Å². The summed E-state index contributed by atoms with van der Waals surface area (Å²) in [6.45, 7) is 8.69.